The lowest BCUT2D eigenvalue weighted by atomic mass is 10.2. The average Bonchev–Trinajstić information content (AvgIpc) is 2.86. The van der Waals surface area contributed by atoms with Gasteiger partial charge in [0.2, 0.25) is 5.91 Å². The van der Waals surface area contributed by atoms with Crippen molar-refractivity contribution in [1.82, 2.24) is 5.32 Å². The van der Waals surface area contributed by atoms with Crippen LogP contribution in [0.3, 0.4) is 0 Å². The number of ether oxygens (including phenoxy) is 1. The molecule has 17 heavy (non-hydrogen) atoms. The van der Waals surface area contributed by atoms with E-state index in [0.29, 0.717) is 5.76 Å². The molecule has 5 nitrogen and oxygen atoms in total. The Morgan fingerprint density at radius 1 is 1.65 bits per heavy atom. The zero-order chi connectivity index (χ0) is 12.7. The first kappa shape index (κ1) is 13.7. The lowest BCUT2D eigenvalue weighted by molar-refractivity contribution is -0.128. The molecule has 0 aromatic carbocycles. The zero-order valence-electron chi connectivity index (χ0n) is 10.2. The number of hydrogen-bond acceptors (Lipinski definition) is 4. The van der Waals surface area contributed by atoms with Gasteiger partial charge in [-0.1, -0.05) is 6.92 Å². The number of carbonyl (C=O) groups is 1. The van der Waals surface area contributed by atoms with E-state index in [0.717, 1.165) is 6.42 Å². The summed E-state index contributed by atoms with van der Waals surface area (Å²) in [5, 5.41) is 11.8. The number of carbonyl (C=O) groups excluding carboxylic acids is 1. The van der Waals surface area contributed by atoms with Gasteiger partial charge in [0.15, 0.2) is 0 Å². The molecule has 0 radical (unpaired) electrons. The highest BCUT2D eigenvalue weighted by atomic mass is 16.5. The normalized spacial score (nSPS) is 14.3. The quantitative estimate of drug-likeness (QED) is 0.753. The third kappa shape index (κ3) is 4.58. The summed E-state index contributed by atoms with van der Waals surface area (Å²) in [6, 6.07) is 2.90. The Hall–Kier alpha value is -1.33. The van der Waals surface area contributed by atoms with Crippen molar-refractivity contribution in [2.75, 3.05) is 13.2 Å². The van der Waals surface area contributed by atoms with E-state index in [-0.39, 0.29) is 25.2 Å². The third-order valence-corrected chi connectivity index (χ3v) is 2.48. The second kappa shape index (κ2) is 7.09. The smallest absolute Gasteiger partial charge is 0.246 e. The van der Waals surface area contributed by atoms with E-state index in [1.54, 1.807) is 12.1 Å². The van der Waals surface area contributed by atoms with E-state index >= 15 is 0 Å². The van der Waals surface area contributed by atoms with Crippen molar-refractivity contribution in [3.05, 3.63) is 24.2 Å². The second-order valence-corrected chi connectivity index (χ2v) is 3.85. The number of nitrogens with one attached hydrogen (secondary N) is 1. The van der Waals surface area contributed by atoms with Gasteiger partial charge in [-0.2, -0.15) is 0 Å². The van der Waals surface area contributed by atoms with E-state index in [1.807, 2.05) is 13.8 Å². The molecule has 0 fully saturated rings. The van der Waals surface area contributed by atoms with Crippen LogP contribution in [-0.2, 0) is 9.53 Å². The Bertz CT molecular complexity index is 323. The molecule has 0 aliphatic heterocycles. The summed E-state index contributed by atoms with van der Waals surface area (Å²) >= 11 is 0. The van der Waals surface area contributed by atoms with Crippen LogP contribution in [0.25, 0.3) is 0 Å². The molecule has 1 aromatic rings. The highest BCUT2D eigenvalue weighted by molar-refractivity contribution is 5.77. The van der Waals surface area contributed by atoms with Crippen LogP contribution in [0.1, 0.15) is 32.1 Å². The number of rotatable bonds is 7. The van der Waals surface area contributed by atoms with Crippen LogP contribution in [0.2, 0.25) is 0 Å². The molecule has 2 unspecified atom stereocenters. The average molecular weight is 241 g/mol. The summed E-state index contributed by atoms with van der Waals surface area (Å²) < 4.78 is 10.4. The van der Waals surface area contributed by atoms with Crippen molar-refractivity contribution in [2.45, 2.75) is 32.4 Å². The number of aliphatic hydroxyl groups is 1. The van der Waals surface area contributed by atoms with Gasteiger partial charge >= 0.3 is 0 Å². The topological polar surface area (TPSA) is 71.7 Å². The van der Waals surface area contributed by atoms with Gasteiger partial charge in [-0.05, 0) is 25.5 Å². The number of amides is 1. The highest BCUT2D eigenvalue weighted by Crippen LogP contribution is 2.12. The number of hydrogen-bond donors (Lipinski definition) is 2. The summed E-state index contributed by atoms with van der Waals surface area (Å²) in [4.78, 5) is 11.5. The fraction of sp³-hybridized carbons (Fsp3) is 0.583. The van der Waals surface area contributed by atoms with Gasteiger partial charge in [0, 0.05) is 0 Å². The van der Waals surface area contributed by atoms with Gasteiger partial charge in [-0.3, -0.25) is 4.79 Å². The molecule has 0 aliphatic carbocycles. The van der Waals surface area contributed by atoms with Gasteiger partial charge in [-0.25, -0.2) is 0 Å². The SMILES string of the molecule is CCC(C)OCC(=O)NC(CO)c1ccco1. The minimum Gasteiger partial charge on any atom is -0.467 e. The summed E-state index contributed by atoms with van der Waals surface area (Å²) in [6.07, 6.45) is 2.41. The van der Waals surface area contributed by atoms with Crippen LogP contribution in [-0.4, -0.2) is 30.3 Å². The van der Waals surface area contributed by atoms with E-state index in [2.05, 4.69) is 5.32 Å². The Morgan fingerprint density at radius 2 is 2.41 bits per heavy atom. The van der Waals surface area contributed by atoms with Gasteiger partial charge in [0.25, 0.3) is 0 Å². The minimum absolute atomic E-state index is 0.00772. The van der Waals surface area contributed by atoms with Crippen LogP contribution in [0.5, 0.6) is 0 Å². The molecular formula is C12H19NO4. The Kier molecular flexibility index (Phi) is 5.72. The Balaban J connectivity index is 2.38. The lowest BCUT2D eigenvalue weighted by Gasteiger charge is -2.15. The van der Waals surface area contributed by atoms with Crippen molar-refractivity contribution in [1.29, 1.82) is 0 Å². The molecule has 96 valence electrons. The standard InChI is InChI=1S/C12H19NO4/c1-3-9(2)17-8-12(15)13-10(7-14)11-5-4-6-16-11/h4-6,9-10,14H,3,7-8H2,1-2H3,(H,13,15). The Morgan fingerprint density at radius 3 is 2.94 bits per heavy atom. The van der Waals surface area contributed by atoms with Gasteiger partial charge in [0.05, 0.1) is 19.0 Å². The van der Waals surface area contributed by atoms with Crippen molar-refractivity contribution < 1.29 is 19.1 Å². The maximum Gasteiger partial charge on any atom is 0.246 e. The Labute approximate surface area is 101 Å². The third-order valence-electron chi connectivity index (χ3n) is 2.48. The number of furan rings is 1. The largest absolute Gasteiger partial charge is 0.467 e. The molecule has 0 saturated heterocycles. The molecule has 0 bridgehead atoms. The summed E-state index contributed by atoms with van der Waals surface area (Å²) in [5.41, 5.74) is 0. The predicted molar refractivity (Wildman–Crippen MR) is 62.4 cm³/mol. The molecule has 1 aromatic heterocycles. The van der Waals surface area contributed by atoms with E-state index in [1.165, 1.54) is 6.26 Å². The first-order valence-corrected chi connectivity index (χ1v) is 5.72. The van der Waals surface area contributed by atoms with E-state index in [9.17, 15) is 4.79 Å². The van der Waals surface area contributed by atoms with Crippen molar-refractivity contribution in [2.24, 2.45) is 0 Å². The first-order valence-electron chi connectivity index (χ1n) is 5.72. The fourth-order valence-corrected chi connectivity index (χ4v) is 1.27. The van der Waals surface area contributed by atoms with Gasteiger partial charge in [-0.15, -0.1) is 0 Å². The van der Waals surface area contributed by atoms with Crippen LogP contribution < -0.4 is 5.32 Å². The summed E-state index contributed by atoms with van der Waals surface area (Å²) in [5.74, 6) is 0.269. The summed E-state index contributed by atoms with van der Waals surface area (Å²) in [6.45, 7) is 3.68. The minimum atomic E-state index is -0.516. The first-order chi connectivity index (χ1) is 8.17. The van der Waals surface area contributed by atoms with Crippen LogP contribution in [0.4, 0.5) is 0 Å². The molecule has 5 heteroatoms. The molecule has 1 amide bonds. The molecule has 0 aliphatic rings. The van der Waals surface area contributed by atoms with Gasteiger partial charge < -0.3 is 19.6 Å². The van der Waals surface area contributed by atoms with Crippen molar-refractivity contribution >= 4 is 5.91 Å². The van der Waals surface area contributed by atoms with Crippen LogP contribution in [0, 0.1) is 0 Å². The molecule has 1 heterocycles. The molecule has 2 N–H and O–H groups in total. The van der Waals surface area contributed by atoms with E-state index < -0.39 is 6.04 Å². The highest BCUT2D eigenvalue weighted by Gasteiger charge is 2.16. The van der Waals surface area contributed by atoms with E-state index in [4.69, 9.17) is 14.3 Å². The zero-order valence-corrected chi connectivity index (χ0v) is 10.2. The number of aliphatic hydroxyl groups excluding tert-OH is 1. The second-order valence-electron chi connectivity index (χ2n) is 3.85. The molecular weight excluding hydrogens is 222 g/mol. The molecule has 2 atom stereocenters. The van der Waals surface area contributed by atoms with Crippen LogP contribution >= 0.6 is 0 Å². The van der Waals surface area contributed by atoms with Gasteiger partial charge in [0.1, 0.15) is 18.4 Å². The maximum atomic E-state index is 11.5. The monoisotopic (exact) mass is 241 g/mol. The molecule has 0 spiro atoms. The lowest BCUT2D eigenvalue weighted by Crippen LogP contribution is -2.34. The summed E-state index contributed by atoms with van der Waals surface area (Å²) in [7, 11) is 0. The fourth-order valence-electron chi connectivity index (χ4n) is 1.27. The molecule has 1 rings (SSSR count). The van der Waals surface area contributed by atoms with Crippen molar-refractivity contribution in [3.8, 4) is 0 Å². The maximum absolute atomic E-state index is 11.5. The molecule has 0 saturated carbocycles. The predicted octanol–water partition coefficient (Wildman–Crippen LogP) is 1.24. The van der Waals surface area contributed by atoms with Crippen molar-refractivity contribution in [3.63, 3.8) is 0 Å². The van der Waals surface area contributed by atoms with Crippen LogP contribution in [0.15, 0.2) is 22.8 Å².